The highest BCUT2D eigenvalue weighted by Crippen LogP contribution is 2.35. The van der Waals surface area contributed by atoms with E-state index >= 15 is 0 Å². The number of hydrogen-bond acceptors (Lipinski definition) is 3. The smallest absolute Gasteiger partial charge is 0.0998 e. The third kappa shape index (κ3) is 4.27. The van der Waals surface area contributed by atoms with Crippen LogP contribution < -0.4 is 0 Å². The number of thiophene rings is 1. The van der Waals surface area contributed by atoms with Crippen LogP contribution in [0.3, 0.4) is 0 Å². The second kappa shape index (κ2) is 7.52. The molecule has 0 saturated carbocycles. The van der Waals surface area contributed by atoms with Gasteiger partial charge in [0.1, 0.15) is 0 Å². The first kappa shape index (κ1) is 15.9. The van der Waals surface area contributed by atoms with Crippen molar-refractivity contribution in [3.8, 4) is 6.07 Å². The van der Waals surface area contributed by atoms with Gasteiger partial charge in [0.05, 0.1) is 15.9 Å². The van der Waals surface area contributed by atoms with E-state index in [1.54, 1.807) is 23.1 Å². The molecule has 0 saturated heterocycles. The summed E-state index contributed by atoms with van der Waals surface area (Å²) in [4.78, 5) is 2.22. The number of benzene rings is 2. The molecule has 3 aromatic rings. The maximum Gasteiger partial charge on any atom is 0.0998 e. The van der Waals surface area contributed by atoms with Gasteiger partial charge in [-0.1, -0.05) is 53.7 Å². The molecule has 0 aliphatic carbocycles. The van der Waals surface area contributed by atoms with E-state index in [1.807, 2.05) is 66.7 Å². The van der Waals surface area contributed by atoms with Crippen molar-refractivity contribution in [3.63, 3.8) is 0 Å². The lowest BCUT2D eigenvalue weighted by molar-refractivity contribution is 1.46. The molecule has 1 aromatic heterocycles. The van der Waals surface area contributed by atoms with E-state index in [-0.39, 0.29) is 0 Å². The summed E-state index contributed by atoms with van der Waals surface area (Å²) in [6.07, 6.45) is 1.94. The third-order valence-electron chi connectivity index (χ3n) is 3.13. The first-order valence-corrected chi connectivity index (χ1v) is 8.96. The van der Waals surface area contributed by atoms with Gasteiger partial charge in [-0.05, 0) is 48.0 Å². The molecule has 0 fully saturated rings. The first-order chi connectivity index (χ1) is 11.2. The maximum atomic E-state index is 9.38. The summed E-state index contributed by atoms with van der Waals surface area (Å²) in [6, 6.07) is 23.9. The minimum Gasteiger partial charge on any atom is -0.192 e. The molecule has 1 nitrogen and oxygen atoms in total. The van der Waals surface area contributed by atoms with Crippen LogP contribution in [0.4, 0.5) is 0 Å². The molecule has 0 aliphatic rings. The van der Waals surface area contributed by atoms with Gasteiger partial charge >= 0.3 is 0 Å². The zero-order valence-electron chi connectivity index (χ0n) is 12.1. The molecule has 4 heteroatoms. The normalized spacial score (nSPS) is 11.2. The van der Waals surface area contributed by atoms with Crippen LogP contribution in [0.2, 0.25) is 5.02 Å². The van der Waals surface area contributed by atoms with Gasteiger partial charge in [0.15, 0.2) is 0 Å². The minimum absolute atomic E-state index is 0.676. The predicted octanol–water partition coefficient (Wildman–Crippen LogP) is 6.62. The zero-order chi connectivity index (χ0) is 16.1. The van der Waals surface area contributed by atoms with Crippen LogP contribution in [-0.2, 0) is 0 Å². The average Bonchev–Trinajstić information content (AvgIpc) is 3.03. The standard InChI is InChI=1S/C19H12ClNS2/c20-16-6-8-17(9-7-16)22-19-11-10-18(23-19)12-15(13-21)14-4-2-1-3-5-14/h1-12H. The van der Waals surface area contributed by atoms with E-state index in [0.717, 1.165) is 20.4 Å². The van der Waals surface area contributed by atoms with Crippen molar-refractivity contribution in [2.75, 3.05) is 0 Å². The average molecular weight is 354 g/mol. The fourth-order valence-electron chi connectivity index (χ4n) is 2.03. The van der Waals surface area contributed by atoms with Gasteiger partial charge in [0.2, 0.25) is 0 Å². The van der Waals surface area contributed by atoms with Gasteiger partial charge in [0.25, 0.3) is 0 Å². The Kier molecular flexibility index (Phi) is 5.19. The van der Waals surface area contributed by atoms with Gasteiger partial charge in [-0.3, -0.25) is 0 Å². The van der Waals surface area contributed by atoms with Crippen LogP contribution >= 0.6 is 34.7 Å². The van der Waals surface area contributed by atoms with E-state index in [4.69, 9.17) is 11.6 Å². The number of hydrogen-bond donors (Lipinski definition) is 0. The highest BCUT2D eigenvalue weighted by Gasteiger charge is 2.04. The Morgan fingerprint density at radius 1 is 1.00 bits per heavy atom. The Labute approximate surface area is 148 Å². The lowest BCUT2D eigenvalue weighted by atomic mass is 10.1. The van der Waals surface area contributed by atoms with Crippen molar-refractivity contribution in [2.24, 2.45) is 0 Å². The molecule has 0 unspecified atom stereocenters. The summed E-state index contributed by atoms with van der Waals surface area (Å²) in [7, 11) is 0. The molecule has 1 heterocycles. The van der Waals surface area contributed by atoms with Crippen LogP contribution in [0.15, 0.2) is 75.8 Å². The number of allylic oxidation sites excluding steroid dienone is 1. The van der Waals surface area contributed by atoms with Crippen LogP contribution in [0.1, 0.15) is 10.4 Å². The highest BCUT2D eigenvalue weighted by molar-refractivity contribution is 8.01. The zero-order valence-corrected chi connectivity index (χ0v) is 14.5. The Hall–Kier alpha value is -1.99. The predicted molar refractivity (Wildman–Crippen MR) is 99.8 cm³/mol. The lowest BCUT2D eigenvalue weighted by Gasteiger charge is -1.98. The second-order valence-electron chi connectivity index (χ2n) is 4.75. The van der Waals surface area contributed by atoms with Crippen LogP contribution in [-0.4, -0.2) is 0 Å². The Bertz CT molecular complexity index is 858. The quantitative estimate of drug-likeness (QED) is 0.492. The minimum atomic E-state index is 0.676. The SMILES string of the molecule is N#CC(=Cc1ccc(Sc2ccc(Cl)cc2)s1)c1ccccc1. The van der Waals surface area contributed by atoms with Crippen LogP contribution in [0.25, 0.3) is 11.6 Å². The Morgan fingerprint density at radius 2 is 1.74 bits per heavy atom. The number of nitriles is 1. The molecule has 3 rings (SSSR count). The van der Waals surface area contributed by atoms with Crippen molar-refractivity contribution >= 4 is 46.3 Å². The summed E-state index contributed by atoms with van der Waals surface area (Å²) < 4.78 is 1.18. The molecule has 0 atom stereocenters. The number of halogens is 1. The fourth-order valence-corrected chi connectivity index (χ4v) is 4.22. The molecule has 23 heavy (non-hydrogen) atoms. The Morgan fingerprint density at radius 3 is 2.43 bits per heavy atom. The molecule has 0 amide bonds. The Balaban J connectivity index is 1.80. The van der Waals surface area contributed by atoms with E-state index in [9.17, 15) is 5.26 Å². The van der Waals surface area contributed by atoms with E-state index < -0.39 is 0 Å². The molecular formula is C19H12ClNS2. The first-order valence-electron chi connectivity index (χ1n) is 6.95. The molecule has 2 aromatic carbocycles. The maximum absolute atomic E-state index is 9.38. The number of rotatable bonds is 4. The lowest BCUT2D eigenvalue weighted by Crippen LogP contribution is -1.79. The molecule has 0 radical (unpaired) electrons. The topological polar surface area (TPSA) is 23.8 Å². The molecule has 0 spiro atoms. The summed E-state index contributed by atoms with van der Waals surface area (Å²) in [5.41, 5.74) is 1.62. The summed E-state index contributed by atoms with van der Waals surface area (Å²) >= 11 is 9.27. The van der Waals surface area contributed by atoms with Gasteiger partial charge in [-0.2, -0.15) is 5.26 Å². The van der Waals surface area contributed by atoms with Crippen molar-refractivity contribution in [1.82, 2.24) is 0 Å². The summed E-state index contributed by atoms with van der Waals surface area (Å²) in [5.74, 6) is 0. The van der Waals surface area contributed by atoms with Crippen molar-refractivity contribution < 1.29 is 0 Å². The largest absolute Gasteiger partial charge is 0.192 e. The van der Waals surface area contributed by atoms with E-state index in [1.165, 1.54) is 4.21 Å². The van der Waals surface area contributed by atoms with Gasteiger partial charge in [-0.25, -0.2) is 0 Å². The molecular weight excluding hydrogens is 342 g/mol. The van der Waals surface area contributed by atoms with Crippen LogP contribution in [0, 0.1) is 11.3 Å². The van der Waals surface area contributed by atoms with Crippen LogP contribution in [0.5, 0.6) is 0 Å². The van der Waals surface area contributed by atoms with Crippen molar-refractivity contribution in [1.29, 1.82) is 5.26 Å². The second-order valence-corrected chi connectivity index (χ2v) is 7.67. The third-order valence-corrected chi connectivity index (χ3v) is 5.55. The highest BCUT2D eigenvalue weighted by atomic mass is 35.5. The summed E-state index contributed by atoms with van der Waals surface area (Å²) in [5, 5.41) is 10.1. The van der Waals surface area contributed by atoms with Crippen molar-refractivity contribution in [2.45, 2.75) is 9.10 Å². The van der Waals surface area contributed by atoms with Gasteiger partial charge in [-0.15, -0.1) is 11.3 Å². The monoisotopic (exact) mass is 353 g/mol. The van der Waals surface area contributed by atoms with Crippen molar-refractivity contribution in [3.05, 3.63) is 82.2 Å². The summed E-state index contributed by atoms with van der Waals surface area (Å²) in [6.45, 7) is 0. The van der Waals surface area contributed by atoms with Gasteiger partial charge in [0, 0.05) is 14.8 Å². The fraction of sp³-hybridized carbons (Fsp3) is 0. The van der Waals surface area contributed by atoms with E-state index in [2.05, 4.69) is 12.1 Å². The van der Waals surface area contributed by atoms with Gasteiger partial charge < -0.3 is 0 Å². The molecule has 112 valence electrons. The molecule has 0 aliphatic heterocycles. The molecule has 0 bridgehead atoms. The molecule has 0 N–H and O–H groups in total. The van der Waals surface area contributed by atoms with E-state index in [0.29, 0.717) is 5.57 Å². The number of nitrogens with zero attached hydrogens (tertiary/aromatic N) is 1.